The van der Waals surface area contributed by atoms with Crippen LogP contribution < -0.4 is 16.0 Å². The number of hydrogen-bond acceptors (Lipinski definition) is 5. The predicted molar refractivity (Wildman–Crippen MR) is 80.2 cm³/mol. The van der Waals surface area contributed by atoms with Crippen molar-refractivity contribution >= 4 is 17.4 Å². The van der Waals surface area contributed by atoms with Crippen LogP contribution in [0, 0.1) is 6.92 Å². The normalized spacial score (nSPS) is 10.7. The molecule has 0 atom stereocenters. The van der Waals surface area contributed by atoms with Gasteiger partial charge >= 0.3 is 0 Å². The fourth-order valence-electron chi connectivity index (χ4n) is 1.63. The maximum atomic E-state index is 5.99. The van der Waals surface area contributed by atoms with Crippen molar-refractivity contribution in [2.45, 2.75) is 26.7 Å². The highest BCUT2D eigenvalue weighted by atomic mass is 35.5. The highest BCUT2D eigenvalue weighted by Crippen LogP contribution is 2.26. The lowest BCUT2D eigenvalue weighted by Gasteiger charge is -2.11. The SMILES string of the molecule is Cc1cc(Oc2cc(NN)nc(C(C)C)n2)ccc1Cl. The summed E-state index contributed by atoms with van der Waals surface area (Å²) in [6, 6.07) is 7.09. The van der Waals surface area contributed by atoms with Crippen molar-refractivity contribution in [1.82, 2.24) is 9.97 Å². The van der Waals surface area contributed by atoms with Gasteiger partial charge in [0.1, 0.15) is 17.4 Å². The number of benzene rings is 1. The van der Waals surface area contributed by atoms with E-state index < -0.39 is 0 Å². The van der Waals surface area contributed by atoms with Gasteiger partial charge < -0.3 is 10.2 Å². The topological polar surface area (TPSA) is 73.1 Å². The first-order chi connectivity index (χ1) is 9.49. The molecular weight excluding hydrogens is 276 g/mol. The molecule has 1 heterocycles. The van der Waals surface area contributed by atoms with Gasteiger partial charge in [0.2, 0.25) is 5.88 Å². The minimum Gasteiger partial charge on any atom is -0.439 e. The highest BCUT2D eigenvalue weighted by molar-refractivity contribution is 6.31. The van der Waals surface area contributed by atoms with Gasteiger partial charge in [-0.1, -0.05) is 25.4 Å². The Labute approximate surface area is 123 Å². The lowest BCUT2D eigenvalue weighted by atomic mass is 10.2. The smallest absolute Gasteiger partial charge is 0.224 e. The number of hydrogen-bond donors (Lipinski definition) is 2. The summed E-state index contributed by atoms with van der Waals surface area (Å²) >= 11 is 5.99. The van der Waals surface area contributed by atoms with Crippen molar-refractivity contribution < 1.29 is 4.74 Å². The number of anilines is 1. The highest BCUT2D eigenvalue weighted by Gasteiger charge is 2.09. The Bertz CT molecular complexity index is 616. The second kappa shape index (κ2) is 6.07. The molecule has 0 amide bonds. The largest absolute Gasteiger partial charge is 0.439 e. The Morgan fingerprint density at radius 1 is 1.25 bits per heavy atom. The minimum absolute atomic E-state index is 0.178. The molecule has 6 heteroatoms. The number of aryl methyl sites for hydroxylation is 1. The fourth-order valence-corrected chi connectivity index (χ4v) is 1.75. The summed E-state index contributed by atoms with van der Waals surface area (Å²) in [5.41, 5.74) is 3.46. The molecule has 2 rings (SSSR count). The molecule has 0 radical (unpaired) electrons. The molecular formula is C14H17ClN4O. The molecule has 3 N–H and O–H groups in total. The van der Waals surface area contributed by atoms with Gasteiger partial charge in [-0.3, -0.25) is 0 Å². The lowest BCUT2D eigenvalue weighted by Crippen LogP contribution is -2.11. The van der Waals surface area contributed by atoms with Gasteiger partial charge in [-0.2, -0.15) is 4.98 Å². The zero-order chi connectivity index (χ0) is 14.7. The van der Waals surface area contributed by atoms with E-state index in [9.17, 15) is 0 Å². The average molecular weight is 293 g/mol. The van der Waals surface area contributed by atoms with Crippen LogP contribution >= 0.6 is 11.6 Å². The van der Waals surface area contributed by atoms with Crippen LogP contribution in [0.1, 0.15) is 31.2 Å². The quantitative estimate of drug-likeness (QED) is 0.665. The number of hydrazine groups is 1. The van der Waals surface area contributed by atoms with Crippen LogP contribution in [0.15, 0.2) is 24.3 Å². The lowest BCUT2D eigenvalue weighted by molar-refractivity contribution is 0.457. The van der Waals surface area contributed by atoms with E-state index in [-0.39, 0.29) is 5.92 Å². The summed E-state index contributed by atoms with van der Waals surface area (Å²) in [5, 5.41) is 0.701. The second-order valence-corrected chi connectivity index (χ2v) is 5.17. The van der Waals surface area contributed by atoms with Crippen molar-refractivity contribution in [2.24, 2.45) is 5.84 Å². The zero-order valence-electron chi connectivity index (χ0n) is 11.6. The molecule has 1 aromatic heterocycles. The molecule has 0 aliphatic carbocycles. The number of nitrogens with one attached hydrogen (secondary N) is 1. The third-order valence-electron chi connectivity index (χ3n) is 2.74. The van der Waals surface area contributed by atoms with Crippen molar-refractivity contribution in [3.8, 4) is 11.6 Å². The number of aromatic nitrogens is 2. The van der Waals surface area contributed by atoms with Gasteiger partial charge in [-0.15, -0.1) is 0 Å². The van der Waals surface area contributed by atoms with Crippen LogP contribution in [0.4, 0.5) is 5.82 Å². The molecule has 1 aromatic carbocycles. The van der Waals surface area contributed by atoms with Crippen LogP contribution in [-0.2, 0) is 0 Å². The number of nitrogens with two attached hydrogens (primary N) is 1. The standard InChI is InChI=1S/C14H17ClN4O/c1-8(2)14-17-12(19-16)7-13(18-14)20-10-4-5-11(15)9(3)6-10/h4-8H,16H2,1-3H3,(H,17,18,19). The Morgan fingerprint density at radius 2 is 2.00 bits per heavy atom. The van der Waals surface area contributed by atoms with Crippen LogP contribution in [0.25, 0.3) is 0 Å². The number of halogens is 1. The van der Waals surface area contributed by atoms with Crippen molar-refractivity contribution in [1.29, 1.82) is 0 Å². The second-order valence-electron chi connectivity index (χ2n) is 4.76. The van der Waals surface area contributed by atoms with Gasteiger partial charge in [-0.05, 0) is 30.7 Å². The molecule has 106 valence electrons. The van der Waals surface area contributed by atoms with Crippen LogP contribution in [0.3, 0.4) is 0 Å². The molecule has 0 aliphatic rings. The van der Waals surface area contributed by atoms with Gasteiger partial charge in [0.05, 0.1) is 0 Å². The van der Waals surface area contributed by atoms with Crippen molar-refractivity contribution in [3.05, 3.63) is 40.7 Å². The van der Waals surface area contributed by atoms with Crippen molar-refractivity contribution in [2.75, 3.05) is 5.43 Å². The number of nitrogen functional groups attached to an aromatic ring is 1. The van der Waals surface area contributed by atoms with E-state index in [2.05, 4.69) is 15.4 Å². The van der Waals surface area contributed by atoms with Gasteiger partial charge in [0, 0.05) is 17.0 Å². The van der Waals surface area contributed by atoms with E-state index in [1.165, 1.54) is 0 Å². The summed E-state index contributed by atoms with van der Waals surface area (Å²) in [6.07, 6.45) is 0. The summed E-state index contributed by atoms with van der Waals surface area (Å²) in [5.74, 6) is 7.89. The van der Waals surface area contributed by atoms with Gasteiger partial charge in [0.15, 0.2) is 0 Å². The first-order valence-corrected chi connectivity index (χ1v) is 6.67. The van der Waals surface area contributed by atoms with E-state index in [0.717, 1.165) is 5.56 Å². The third kappa shape index (κ3) is 3.37. The first kappa shape index (κ1) is 14.6. The van der Waals surface area contributed by atoms with Crippen LogP contribution in [-0.4, -0.2) is 9.97 Å². The maximum absolute atomic E-state index is 5.99. The fraction of sp³-hybridized carbons (Fsp3) is 0.286. The van der Waals surface area contributed by atoms with E-state index in [1.54, 1.807) is 18.2 Å². The zero-order valence-corrected chi connectivity index (χ0v) is 12.4. The Hall–Kier alpha value is -1.85. The molecule has 0 spiro atoms. The summed E-state index contributed by atoms with van der Waals surface area (Å²) < 4.78 is 5.74. The summed E-state index contributed by atoms with van der Waals surface area (Å²) in [6.45, 7) is 5.93. The van der Waals surface area contributed by atoms with E-state index >= 15 is 0 Å². The first-order valence-electron chi connectivity index (χ1n) is 6.29. The van der Waals surface area contributed by atoms with Crippen LogP contribution in [0.2, 0.25) is 5.02 Å². The van der Waals surface area contributed by atoms with Crippen LogP contribution in [0.5, 0.6) is 11.6 Å². The van der Waals surface area contributed by atoms with E-state index in [0.29, 0.717) is 28.3 Å². The Morgan fingerprint density at radius 3 is 2.60 bits per heavy atom. The number of nitrogens with zero attached hydrogens (tertiary/aromatic N) is 2. The Kier molecular flexibility index (Phi) is 4.42. The molecule has 0 unspecified atom stereocenters. The van der Waals surface area contributed by atoms with Gasteiger partial charge in [0.25, 0.3) is 0 Å². The average Bonchev–Trinajstić information content (AvgIpc) is 2.42. The number of ether oxygens (including phenoxy) is 1. The van der Waals surface area contributed by atoms with Gasteiger partial charge in [-0.25, -0.2) is 10.8 Å². The summed E-state index contributed by atoms with van der Waals surface area (Å²) in [4.78, 5) is 8.64. The predicted octanol–water partition coefficient (Wildman–Crippen LogP) is 3.64. The van der Waals surface area contributed by atoms with Crippen molar-refractivity contribution in [3.63, 3.8) is 0 Å². The monoisotopic (exact) mass is 292 g/mol. The molecule has 0 fully saturated rings. The molecule has 5 nitrogen and oxygen atoms in total. The molecule has 0 saturated heterocycles. The Balaban J connectivity index is 2.32. The molecule has 0 saturated carbocycles. The molecule has 0 bridgehead atoms. The van der Waals surface area contributed by atoms with E-state index in [1.807, 2.05) is 26.8 Å². The maximum Gasteiger partial charge on any atom is 0.224 e. The summed E-state index contributed by atoms with van der Waals surface area (Å²) in [7, 11) is 0. The molecule has 20 heavy (non-hydrogen) atoms. The third-order valence-corrected chi connectivity index (χ3v) is 3.16. The molecule has 0 aliphatic heterocycles. The number of rotatable bonds is 4. The minimum atomic E-state index is 0.178. The van der Waals surface area contributed by atoms with E-state index in [4.69, 9.17) is 22.2 Å². The molecule has 2 aromatic rings.